The quantitative estimate of drug-likeness (QED) is 0.698. The van der Waals surface area contributed by atoms with Gasteiger partial charge in [0.1, 0.15) is 11.8 Å². The number of rotatable bonds is 6. The predicted molar refractivity (Wildman–Crippen MR) is 113 cm³/mol. The Kier molecular flexibility index (Phi) is 5.92. The normalized spacial score (nSPS) is 15.6. The van der Waals surface area contributed by atoms with Crippen molar-refractivity contribution < 1.29 is 14.4 Å². The molecular weight excluding hydrogens is 370 g/mol. The summed E-state index contributed by atoms with van der Waals surface area (Å²) in [5.41, 5.74) is 8.38. The van der Waals surface area contributed by atoms with Crippen molar-refractivity contribution in [1.29, 1.82) is 0 Å². The van der Waals surface area contributed by atoms with Gasteiger partial charge in [0.15, 0.2) is 0 Å². The van der Waals surface area contributed by atoms with Gasteiger partial charge in [0.25, 0.3) is 5.91 Å². The summed E-state index contributed by atoms with van der Waals surface area (Å²) < 4.78 is 0. The summed E-state index contributed by atoms with van der Waals surface area (Å²) in [6.45, 7) is 3.61. The molecule has 0 bridgehead atoms. The van der Waals surface area contributed by atoms with E-state index < -0.39 is 17.9 Å². The number of carbonyl (C=O) groups is 3. The summed E-state index contributed by atoms with van der Waals surface area (Å²) >= 11 is 0. The van der Waals surface area contributed by atoms with Crippen molar-refractivity contribution in [3.05, 3.63) is 54.1 Å². The number of nitrogens with one attached hydrogen (secondary N) is 2. The molecule has 1 atom stereocenters. The lowest BCUT2D eigenvalue weighted by Crippen LogP contribution is -2.39. The first-order valence-electron chi connectivity index (χ1n) is 9.32. The fourth-order valence-electron chi connectivity index (χ4n) is 2.97. The number of amides is 3. The zero-order valence-corrected chi connectivity index (χ0v) is 16.3. The number of anilines is 3. The number of hydrogen-bond acceptors (Lipinski definition) is 5. The molecule has 0 aromatic heterocycles. The Morgan fingerprint density at radius 3 is 2.52 bits per heavy atom. The van der Waals surface area contributed by atoms with Gasteiger partial charge in [-0.25, -0.2) is 0 Å². The highest BCUT2D eigenvalue weighted by molar-refractivity contribution is 6.44. The number of nitrogens with zero attached hydrogens (tertiary/aromatic N) is 2. The molecule has 8 heteroatoms. The molecule has 3 amide bonds. The molecule has 8 nitrogen and oxygen atoms in total. The Morgan fingerprint density at radius 1 is 1.14 bits per heavy atom. The maximum atomic E-state index is 12.8. The third kappa shape index (κ3) is 4.60. The minimum absolute atomic E-state index is 0.112. The maximum Gasteiger partial charge on any atom is 0.271 e. The van der Waals surface area contributed by atoms with Crippen LogP contribution in [0.4, 0.5) is 17.1 Å². The van der Waals surface area contributed by atoms with Gasteiger partial charge in [-0.1, -0.05) is 31.2 Å². The Bertz CT molecular complexity index is 972. The van der Waals surface area contributed by atoms with Crippen molar-refractivity contribution in [2.45, 2.75) is 32.7 Å². The number of hydrogen-bond donors (Lipinski definition) is 3. The first-order valence-corrected chi connectivity index (χ1v) is 9.32. The van der Waals surface area contributed by atoms with Crippen molar-refractivity contribution in [3.8, 4) is 0 Å². The fraction of sp³-hybridized carbons (Fsp3) is 0.238. The third-order valence-corrected chi connectivity index (χ3v) is 4.61. The minimum atomic E-state index is -0.727. The molecule has 2 aromatic carbocycles. The Labute approximate surface area is 168 Å². The molecular formula is C21H23N5O3. The van der Waals surface area contributed by atoms with E-state index in [1.54, 1.807) is 37.3 Å². The standard InChI is InChI=1S/C21H23N5O3/c1-3-19(27)23-14-10-9-13(2)16(11-14)24-21(29)17-12-18(20(22)28)26(25-17)15-7-5-4-6-8-15/h4-11,18H,3,12H2,1-2H3,(H2,22,28)(H,23,27)(H,24,29). The summed E-state index contributed by atoms with van der Waals surface area (Å²) in [6, 6.07) is 13.6. The van der Waals surface area contributed by atoms with Crippen LogP contribution >= 0.6 is 0 Å². The van der Waals surface area contributed by atoms with Crippen LogP contribution in [-0.2, 0) is 14.4 Å². The average molecular weight is 393 g/mol. The van der Waals surface area contributed by atoms with E-state index in [1.807, 2.05) is 25.1 Å². The molecule has 1 unspecified atom stereocenters. The van der Waals surface area contributed by atoms with Crippen LogP contribution in [-0.4, -0.2) is 29.5 Å². The van der Waals surface area contributed by atoms with Crippen LogP contribution in [0.5, 0.6) is 0 Å². The van der Waals surface area contributed by atoms with Crippen LogP contribution in [0.25, 0.3) is 0 Å². The maximum absolute atomic E-state index is 12.8. The van der Waals surface area contributed by atoms with E-state index in [4.69, 9.17) is 5.73 Å². The van der Waals surface area contributed by atoms with E-state index in [9.17, 15) is 14.4 Å². The Hall–Kier alpha value is -3.68. The van der Waals surface area contributed by atoms with E-state index in [1.165, 1.54) is 5.01 Å². The van der Waals surface area contributed by atoms with Crippen LogP contribution in [0.1, 0.15) is 25.3 Å². The molecule has 4 N–H and O–H groups in total. The van der Waals surface area contributed by atoms with Crippen LogP contribution in [0.15, 0.2) is 53.6 Å². The highest BCUT2D eigenvalue weighted by Gasteiger charge is 2.35. The van der Waals surface area contributed by atoms with Gasteiger partial charge in [-0.3, -0.25) is 19.4 Å². The van der Waals surface area contributed by atoms with E-state index in [0.29, 0.717) is 23.5 Å². The summed E-state index contributed by atoms with van der Waals surface area (Å²) in [4.78, 5) is 36.3. The number of benzene rings is 2. The van der Waals surface area contributed by atoms with Crippen molar-refractivity contribution in [2.75, 3.05) is 15.6 Å². The molecule has 3 rings (SSSR count). The second kappa shape index (κ2) is 8.55. The van der Waals surface area contributed by atoms with Gasteiger partial charge >= 0.3 is 0 Å². The topological polar surface area (TPSA) is 117 Å². The molecule has 1 heterocycles. The smallest absolute Gasteiger partial charge is 0.271 e. The number of carbonyl (C=O) groups excluding carboxylic acids is 3. The first kappa shape index (κ1) is 20.1. The van der Waals surface area contributed by atoms with Gasteiger partial charge in [0.05, 0.1) is 5.69 Å². The van der Waals surface area contributed by atoms with Crippen LogP contribution in [0.2, 0.25) is 0 Å². The Morgan fingerprint density at radius 2 is 1.86 bits per heavy atom. The van der Waals surface area contributed by atoms with Crippen LogP contribution in [0.3, 0.4) is 0 Å². The summed E-state index contributed by atoms with van der Waals surface area (Å²) in [5, 5.41) is 11.4. The first-order chi connectivity index (χ1) is 13.9. The van der Waals surface area contributed by atoms with Gasteiger partial charge in [0, 0.05) is 24.2 Å². The fourth-order valence-corrected chi connectivity index (χ4v) is 2.97. The molecule has 1 aliphatic rings. The number of hydrazone groups is 1. The second-order valence-electron chi connectivity index (χ2n) is 6.73. The summed E-state index contributed by atoms with van der Waals surface area (Å²) in [5.74, 6) is -1.09. The van der Waals surface area contributed by atoms with Gasteiger partial charge in [-0.2, -0.15) is 5.10 Å². The lowest BCUT2D eigenvalue weighted by Gasteiger charge is -2.20. The number of nitrogens with two attached hydrogens (primary N) is 1. The zero-order valence-electron chi connectivity index (χ0n) is 16.3. The molecule has 0 aliphatic carbocycles. The van der Waals surface area contributed by atoms with E-state index in [2.05, 4.69) is 15.7 Å². The molecule has 1 aliphatic heterocycles. The molecule has 150 valence electrons. The SMILES string of the molecule is CCC(=O)Nc1ccc(C)c(NC(=O)C2=NN(c3ccccc3)C(C(N)=O)C2)c1. The van der Waals surface area contributed by atoms with E-state index >= 15 is 0 Å². The van der Waals surface area contributed by atoms with E-state index in [0.717, 1.165) is 5.56 Å². The lowest BCUT2D eigenvalue weighted by molar-refractivity contribution is -0.119. The van der Waals surface area contributed by atoms with Crippen molar-refractivity contribution >= 4 is 40.5 Å². The van der Waals surface area contributed by atoms with Crippen LogP contribution in [0, 0.1) is 6.92 Å². The van der Waals surface area contributed by atoms with E-state index in [-0.39, 0.29) is 18.0 Å². The average Bonchev–Trinajstić information content (AvgIpc) is 3.17. The number of aryl methyl sites for hydroxylation is 1. The highest BCUT2D eigenvalue weighted by atomic mass is 16.2. The third-order valence-electron chi connectivity index (χ3n) is 4.61. The van der Waals surface area contributed by atoms with Gasteiger partial charge in [-0.05, 0) is 36.8 Å². The molecule has 0 saturated carbocycles. The summed E-state index contributed by atoms with van der Waals surface area (Å²) in [7, 11) is 0. The second-order valence-corrected chi connectivity index (χ2v) is 6.73. The molecule has 0 radical (unpaired) electrons. The van der Waals surface area contributed by atoms with Crippen molar-refractivity contribution in [3.63, 3.8) is 0 Å². The Balaban J connectivity index is 1.81. The summed E-state index contributed by atoms with van der Waals surface area (Å²) in [6.07, 6.45) is 0.470. The van der Waals surface area contributed by atoms with Crippen molar-refractivity contribution in [1.82, 2.24) is 0 Å². The van der Waals surface area contributed by atoms with Crippen molar-refractivity contribution in [2.24, 2.45) is 10.8 Å². The molecule has 29 heavy (non-hydrogen) atoms. The largest absolute Gasteiger partial charge is 0.368 e. The minimum Gasteiger partial charge on any atom is -0.368 e. The van der Waals surface area contributed by atoms with Crippen LogP contribution < -0.4 is 21.4 Å². The van der Waals surface area contributed by atoms with Gasteiger partial charge in [-0.15, -0.1) is 0 Å². The lowest BCUT2D eigenvalue weighted by atomic mass is 10.1. The highest BCUT2D eigenvalue weighted by Crippen LogP contribution is 2.26. The number of para-hydroxylation sites is 1. The number of primary amides is 1. The molecule has 0 fully saturated rings. The molecule has 2 aromatic rings. The monoisotopic (exact) mass is 393 g/mol. The van der Waals surface area contributed by atoms with Gasteiger partial charge < -0.3 is 16.4 Å². The molecule has 0 spiro atoms. The zero-order chi connectivity index (χ0) is 21.0. The molecule has 0 saturated heterocycles. The van der Waals surface area contributed by atoms with Gasteiger partial charge in [0.2, 0.25) is 11.8 Å². The predicted octanol–water partition coefficient (Wildman–Crippen LogP) is 2.40.